The summed E-state index contributed by atoms with van der Waals surface area (Å²) in [5.41, 5.74) is 9.22. The predicted octanol–water partition coefficient (Wildman–Crippen LogP) is 3.32. The number of nitrogens with one attached hydrogen (secondary N) is 2. The standard InChI is InChI=1S/C19H23N3O2.ClH/c1-12(2)21-19(24)17-11-16(9-4-13(17)3)22-18(23)10-14-5-7-15(20)8-6-14;/h4-9,11-12H,10,20H2,1-3H3,(H,21,24)(H,22,23);1H. The van der Waals surface area contributed by atoms with Crippen molar-refractivity contribution in [2.45, 2.75) is 33.2 Å². The van der Waals surface area contributed by atoms with Crippen molar-refractivity contribution >= 4 is 35.6 Å². The number of amides is 2. The molecule has 0 saturated carbocycles. The maximum absolute atomic E-state index is 12.2. The number of rotatable bonds is 5. The Kier molecular flexibility index (Phi) is 7.45. The molecule has 0 saturated heterocycles. The van der Waals surface area contributed by atoms with Crippen LogP contribution >= 0.6 is 12.4 Å². The van der Waals surface area contributed by atoms with Crippen molar-refractivity contribution < 1.29 is 9.59 Å². The lowest BCUT2D eigenvalue weighted by molar-refractivity contribution is -0.115. The second-order valence-corrected chi connectivity index (χ2v) is 6.12. The van der Waals surface area contributed by atoms with Crippen LogP contribution in [0.2, 0.25) is 0 Å². The Morgan fingerprint density at radius 1 is 1.08 bits per heavy atom. The molecule has 0 heterocycles. The number of halogens is 1. The van der Waals surface area contributed by atoms with Gasteiger partial charge in [0.1, 0.15) is 0 Å². The van der Waals surface area contributed by atoms with E-state index in [2.05, 4.69) is 10.6 Å². The van der Waals surface area contributed by atoms with Crippen LogP contribution in [0.25, 0.3) is 0 Å². The van der Waals surface area contributed by atoms with E-state index < -0.39 is 0 Å². The molecule has 0 aromatic heterocycles. The molecule has 0 spiro atoms. The molecule has 0 aliphatic rings. The van der Waals surface area contributed by atoms with Crippen LogP contribution in [0.4, 0.5) is 11.4 Å². The smallest absolute Gasteiger partial charge is 0.251 e. The minimum atomic E-state index is -0.142. The summed E-state index contributed by atoms with van der Waals surface area (Å²) < 4.78 is 0. The van der Waals surface area contributed by atoms with Crippen LogP contribution in [-0.4, -0.2) is 17.9 Å². The number of aryl methyl sites for hydroxylation is 1. The zero-order valence-corrected chi connectivity index (χ0v) is 15.4. The van der Waals surface area contributed by atoms with Crippen molar-refractivity contribution in [2.24, 2.45) is 0 Å². The average molecular weight is 362 g/mol. The lowest BCUT2D eigenvalue weighted by atomic mass is 10.1. The van der Waals surface area contributed by atoms with E-state index >= 15 is 0 Å². The lowest BCUT2D eigenvalue weighted by Gasteiger charge is -2.12. The Labute approximate surface area is 154 Å². The van der Waals surface area contributed by atoms with Gasteiger partial charge in [-0.25, -0.2) is 0 Å². The molecule has 25 heavy (non-hydrogen) atoms. The average Bonchev–Trinajstić information content (AvgIpc) is 2.50. The maximum Gasteiger partial charge on any atom is 0.251 e. The SMILES string of the molecule is Cc1ccc(NC(=O)Cc2ccc(N)cc2)cc1C(=O)NC(C)C.Cl. The third-order valence-electron chi connectivity index (χ3n) is 3.53. The zero-order valence-electron chi connectivity index (χ0n) is 14.6. The van der Waals surface area contributed by atoms with Gasteiger partial charge in [0.05, 0.1) is 6.42 Å². The first-order chi connectivity index (χ1) is 11.3. The summed E-state index contributed by atoms with van der Waals surface area (Å²) in [5.74, 6) is -0.282. The van der Waals surface area contributed by atoms with E-state index in [-0.39, 0.29) is 36.7 Å². The molecular weight excluding hydrogens is 338 g/mol. The highest BCUT2D eigenvalue weighted by Crippen LogP contribution is 2.16. The molecule has 134 valence electrons. The molecular formula is C19H24ClN3O2. The Morgan fingerprint density at radius 3 is 2.32 bits per heavy atom. The first kappa shape index (κ1) is 20.5. The summed E-state index contributed by atoms with van der Waals surface area (Å²) in [4.78, 5) is 24.4. The number of nitrogens with two attached hydrogens (primary N) is 1. The van der Waals surface area contributed by atoms with Crippen LogP contribution in [0, 0.1) is 6.92 Å². The molecule has 0 aliphatic heterocycles. The first-order valence-electron chi connectivity index (χ1n) is 7.91. The highest BCUT2D eigenvalue weighted by Gasteiger charge is 2.12. The molecule has 2 rings (SSSR count). The van der Waals surface area contributed by atoms with Crippen molar-refractivity contribution in [1.29, 1.82) is 0 Å². The first-order valence-corrected chi connectivity index (χ1v) is 7.91. The number of hydrogen-bond acceptors (Lipinski definition) is 3. The number of benzene rings is 2. The molecule has 0 radical (unpaired) electrons. The van der Waals surface area contributed by atoms with E-state index in [0.717, 1.165) is 11.1 Å². The Balaban J connectivity index is 0.00000312. The number of nitrogen functional groups attached to an aromatic ring is 1. The maximum atomic E-state index is 12.2. The molecule has 0 bridgehead atoms. The fourth-order valence-corrected chi connectivity index (χ4v) is 2.31. The van der Waals surface area contributed by atoms with Gasteiger partial charge < -0.3 is 16.4 Å². The van der Waals surface area contributed by atoms with Crippen molar-refractivity contribution in [1.82, 2.24) is 5.32 Å². The summed E-state index contributed by atoms with van der Waals surface area (Å²) in [6.07, 6.45) is 0.252. The summed E-state index contributed by atoms with van der Waals surface area (Å²) >= 11 is 0. The van der Waals surface area contributed by atoms with Gasteiger partial charge in [0.25, 0.3) is 5.91 Å². The largest absolute Gasteiger partial charge is 0.399 e. The quantitative estimate of drug-likeness (QED) is 0.714. The molecule has 0 aliphatic carbocycles. The summed E-state index contributed by atoms with van der Waals surface area (Å²) in [6, 6.07) is 12.6. The lowest BCUT2D eigenvalue weighted by Crippen LogP contribution is -2.30. The van der Waals surface area contributed by atoms with Crippen molar-refractivity contribution in [3.05, 3.63) is 59.2 Å². The van der Waals surface area contributed by atoms with Crippen LogP contribution in [0.3, 0.4) is 0 Å². The highest BCUT2D eigenvalue weighted by molar-refractivity contribution is 5.98. The third-order valence-corrected chi connectivity index (χ3v) is 3.53. The van der Waals surface area contributed by atoms with Crippen LogP contribution in [0.15, 0.2) is 42.5 Å². The van der Waals surface area contributed by atoms with E-state index in [1.54, 1.807) is 24.3 Å². The molecule has 2 aromatic rings. The number of anilines is 2. The van der Waals surface area contributed by atoms with Crippen LogP contribution in [0.5, 0.6) is 0 Å². The van der Waals surface area contributed by atoms with Gasteiger partial charge in [-0.05, 0) is 56.2 Å². The molecule has 2 aromatic carbocycles. The number of carbonyl (C=O) groups excluding carboxylic acids is 2. The van der Waals surface area contributed by atoms with E-state index in [9.17, 15) is 9.59 Å². The van der Waals surface area contributed by atoms with Gasteiger partial charge in [-0.15, -0.1) is 12.4 Å². The van der Waals surface area contributed by atoms with Crippen molar-refractivity contribution in [3.8, 4) is 0 Å². The summed E-state index contributed by atoms with van der Waals surface area (Å²) in [7, 11) is 0. The predicted molar refractivity (Wildman–Crippen MR) is 104 cm³/mol. The van der Waals surface area contributed by atoms with E-state index in [4.69, 9.17) is 5.73 Å². The van der Waals surface area contributed by atoms with Crippen molar-refractivity contribution in [3.63, 3.8) is 0 Å². The van der Waals surface area contributed by atoms with Gasteiger partial charge in [0.2, 0.25) is 5.91 Å². The fourth-order valence-electron chi connectivity index (χ4n) is 2.31. The number of hydrogen-bond donors (Lipinski definition) is 3. The fraction of sp³-hybridized carbons (Fsp3) is 0.263. The molecule has 0 fully saturated rings. The molecule has 0 unspecified atom stereocenters. The Hall–Kier alpha value is -2.53. The molecule has 6 heteroatoms. The minimum Gasteiger partial charge on any atom is -0.399 e. The molecule has 5 nitrogen and oxygen atoms in total. The van der Waals surface area contributed by atoms with Gasteiger partial charge in [-0.2, -0.15) is 0 Å². The Morgan fingerprint density at radius 2 is 1.72 bits per heavy atom. The van der Waals surface area contributed by atoms with E-state index in [1.165, 1.54) is 0 Å². The highest BCUT2D eigenvalue weighted by atomic mass is 35.5. The zero-order chi connectivity index (χ0) is 17.7. The minimum absolute atomic E-state index is 0. The monoisotopic (exact) mass is 361 g/mol. The van der Waals surface area contributed by atoms with Gasteiger partial charge in [-0.1, -0.05) is 18.2 Å². The second kappa shape index (κ2) is 9.08. The van der Waals surface area contributed by atoms with Crippen LogP contribution in [-0.2, 0) is 11.2 Å². The van der Waals surface area contributed by atoms with Gasteiger partial charge in [0, 0.05) is 23.0 Å². The molecule has 0 atom stereocenters. The topological polar surface area (TPSA) is 84.2 Å². The van der Waals surface area contributed by atoms with Gasteiger partial charge in [0.15, 0.2) is 0 Å². The van der Waals surface area contributed by atoms with E-state index in [0.29, 0.717) is 16.9 Å². The molecule has 4 N–H and O–H groups in total. The van der Waals surface area contributed by atoms with Gasteiger partial charge >= 0.3 is 0 Å². The van der Waals surface area contributed by atoms with E-state index in [1.807, 2.05) is 39.0 Å². The Bertz CT molecular complexity index is 743. The summed E-state index contributed by atoms with van der Waals surface area (Å²) in [5, 5.41) is 5.69. The van der Waals surface area contributed by atoms with Crippen LogP contribution in [0.1, 0.15) is 35.3 Å². The molecule has 2 amide bonds. The summed E-state index contributed by atoms with van der Waals surface area (Å²) in [6.45, 7) is 5.69. The third kappa shape index (κ3) is 6.12. The van der Waals surface area contributed by atoms with Crippen LogP contribution < -0.4 is 16.4 Å². The second-order valence-electron chi connectivity index (χ2n) is 6.12. The normalized spacial score (nSPS) is 10.1. The van der Waals surface area contributed by atoms with Crippen molar-refractivity contribution in [2.75, 3.05) is 11.1 Å². The number of carbonyl (C=O) groups is 2. The van der Waals surface area contributed by atoms with Gasteiger partial charge in [-0.3, -0.25) is 9.59 Å².